The lowest BCUT2D eigenvalue weighted by Gasteiger charge is -2.08. The summed E-state index contributed by atoms with van der Waals surface area (Å²) >= 11 is 0. The van der Waals surface area contributed by atoms with Gasteiger partial charge in [-0.05, 0) is 30.5 Å². The first-order valence-corrected chi connectivity index (χ1v) is 6.95. The van der Waals surface area contributed by atoms with Crippen molar-refractivity contribution in [3.05, 3.63) is 30.0 Å². The predicted octanol–water partition coefficient (Wildman–Crippen LogP) is 2.96. The van der Waals surface area contributed by atoms with E-state index in [1.807, 2.05) is 35.9 Å². The molecule has 1 amide bonds. The van der Waals surface area contributed by atoms with Crippen molar-refractivity contribution in [2.75, 3.05) is 13.7 Å². The summed E-state index contributed by atoms with van der Waals surface area (Å²) in [6.45, 7) is 5.00. The van der Waals surface area contributed by atoms with Crippen LogP contribution in [0.2, 0.25) is 0 Å². The van der Waals surface area contributed by atoms with Crippen molar-refractivity contribution in [3.63, 3.8) is 0 Å². The first-order valence-electron chi connectivity index (χ1n) is 6.95. The fourth-order valence-electron chi connectivity index (χ4n) is 2.29. The van der Waals surface area contributed by atoms with Crippen molar-refractivity contribution < 1.29 is 9.53 Å². The Labute approximate surface area is 119 Å². The number of rotatable bonds is 5. The summed E-state index contributed by atoms with van der Waals surface area (Å²) in [5.74, 6) is 1.34. The van der Waals surface area contributed by atoms with Gasteiger partial charge in [0.1, 0.15) is 11.4 Å². The number of aromatic nitrogens is 1. The number of carbonyl (C=O) groups is 1. The smallest absolute Gasteiger partial charge is 0.267 e. The van der Waals surface area contributed by atoms with E-state index < -0.39 is 0 Å². The molecule has 0 aliphatic carbocycles. The number of benzene rings is 1. The van der Waals surface area contributed by atoms with Gasteiger partial charge in [-0.2, -0.15) is 0 Å². The van der Waals surface area contributed by atoms with E-state index in [0.29, 0.717) is 18.2 Å². The molecule has 0 fully saturated rings. The molecule has 4 heteroatoms. The largest absolute Gasteiger partial charge is 0.496 e. The molecular weight excluding hydrogens is 252 g/mol. The molecular formula is C16H22N2O2. The Morgan fingerprint density at radius 2 is 2.15 bits per heavy atom. The zero-order valence-corrected chi connectivity index (χ0v) is 12.6. The van der Waals surface area contributed by atoms with Gasteiger partial charge < -0.3 is 14.6 Å². The molecule has 0 spiro atoms. The van der Waals surface area contributed by atoms with Crippen LogP contribution in [0.5, 0.6) is 5.75 Å². The number of aryl methyl sites for hydroxylation is 1. The Hall–Kier alpha value is -1.97. The molecule has 0 unspecified atom stereocenters. The third-order valence-corrected chi connectivity index (χ3v) is 3.51. The molecule has 0 atom stereocenters. The second-order valence-electron chi connectivity index (χ2n) is 5.42. The van der Waals surface area contributed by atoms with Gasteiger partial charge in [0.25, 0.3) is 5.91 Å². The van der Waals surface area contributed by atoms with Crippen LogP contribution < -0.4 is 10.1 Å². The molecule has 4 nitrogen and oxygen atoms in total. The normalized spacial score (nSPS) is 11.1. The van der Waals surface area contributed by atoms with Gasteiger partial charge in [-0.3, -0.25) is 4.79 Å². The van der Waals surface area contributed by atoms with Gasteiger partial charge in [-0.25, -0.2) is 0 Å². The Morgan fingerprint density at radius 1 is 1.40 bits per heavy atom. The second kappa shape index (κ2) is 5.99. The maximum atomic E-state index is 12.2. The molecule has 1 heterocycles. The lowest BCUT2D eigenvalue weighted by molar-refractivity contribution is 0.0944. The van der Waals surface area contributed by atoms with Gasteiger partial charge >= 0.3 is 0 Å². The number of methoxy groups -OCH3 is 1. The average Bonchev–Trinajstić information content (AvgIpc) is 2.76. The molecule has 0 saturated carbocycles. The Bertz CT molecular complexity index is 614. The quantitative estimate of drug-likeness (QED) is 0.911. The molecule has 0 aliphatic rings. The van der Waals surface area contributed by atoms with E-state index in [1.54, 1.807) is 7.11 Å². The number of hydrogen-bond acceptors (Lipinski definition) is 2. The van der Waals surface area contributed by atoms with Gasteiger partial charge in [0.2, 0.25) is 0 Å². The minimum Gasteiger partial charge on any atom is -0.496 e. The standard InChI is InChI=1S/C16H22N2O2/c1-11(2)8-9-17-16(19)14-10-12-13(18(14)3)6-5-7-15(12)20-4/h5-7,10-11H,8-9H2,1-4H3,(H,17,19). The van der Waals surface area contributed by atoms with Crippen LogP contribution in [0.4, 0.5) is 0 Å². The fraction of sp³-hybridized carbons (Fsp3) is 0.438. The molecule has 2 rings (SSSR count). The highest BCUT2D eigenvalue weighted by Gasteiger charge is 2.15. The third kappa shape index (κ3) is 2.79. The molecule has 0 saturated heterocycles. The molecule has 0 radical (unpaired) electrons. The highest BCUT2D eigenvalue weighted by molar-refractivity contribution is 6.00. The van der Waals surface area contributed by atoms with Crippen molar-refractivity contribution in [2.24, 2.45) is 13.0 Å². The van der Waals surface area contributed by atoms with Crippen LogP contribution in [0.15, 0.2) is 24.3 Å². The van der Waals surface area contributed by atoms with E-state index in [4.69, 9.17) is 4.74 Å². The summed E-state index contributed by atoms with van der Waals surface area (Å²) < 4.78 is 7.25. The maximum absolute atomic E-state index is 12.2. The first-order chi connectivity index (χ1) is 9.54. The Morgan fingerprint density at radius 3 is 2.80 bits per heavy atom. The summed E-state index contributed by atoms with van der Waals surface area (Å²) in [5, 5.41) is 3.93. The molecule has 1 aromatic heterocycles. The van der Waals surface area contributed by atoms with Crippen molar-refractivity contribution in [3.8, 4) is 5.75 Å². The number of carbonyl (C=O) groups excluding carboxylic acids is 1. The zero-order chi connectivity index (χ0) is 14.7. The van der Waals surface area contributed by atoms with Crippen molar-refractivity contribution >= 4 is 16.8 Å². The highest BCUT2D eigenvalue weighted by Crippen LogP contribution is 2.27. The molecule has 0 bridgehead atoms. The van der Waals surface area contributed by atoms with Crippen LogP contribution in [0.25, 0.3) is 10.9 Å². The van der Waals surface area contributed by atoms with Crippen LogP contribution >= 0.6 is 0 Å². The second-order valence-corrected chi connectivity index (χ2v) is 5.42. The summed E-state index contributed by atoms with van der Waals surface area (Å²) in [4.78, 5) is 12.2. The van der Waals surface area contributed by atoms with E-state index in [1.165, 1.54) is 0 Å². The highest BCUT2D eigenvalue weighted by atomic mass is 16.5. The molecule has 1 N–H and O–H groups in total. The van der Waals surface area contributed by atoms with Crippen molar-refractivity contribution in [1.29, 1.82) is 0 Å². The van der Waals surface area contributed by atoms with Gasteiger partial charge in [-0.15, -0.1) is 0 Å². The Kier molecular flexibility index (Phi) is 4.32. The molecule has 0 aliphatic heterocycles. The lowest BCUT2D eigenvalue weighted by atomic mass is 10.1. The van der Waals surface area contributed by atoms with E-state index in [0.717, 1.165) is 23.1 Å². The van der Waals surface area contributed by atoms with Crippen LogP contribution in [0.1, 0.15) is 30.8 Å². The van der Waals surface area contributed by atoms with Gasteiger partial charge in [-0.1, -0.05) is 19.9 Å². The van der Waals surface area contributed by atoms with Gasteiger partial charge in [0, 0.05) is 19.0 Å². The van der Waals surface area contributed by atoms with Gasteiger partial charge in [0.15, 0.2) is 0 Å². The monoisotopic (exact) mass is 274 g/mol. The molecule has 2 aromatic rings. The number of nitrogens with one attached hydrogen (secondary N) is 1. The van der Waals surface area contributed by atoms with Crippen LogP contribution in [-0.4, -0.2) is 24.1 Å². The third-order valence-electron chi connectivity index (χ3n) is 3.51. The first kappa shape index (κ1) is 14.4. The summed E-state index contributed by atoms with van der Waals surface area (Å²) in [7, 11) is 3.54. The van der Waals surface area contributed by atoms with Crippen LogP contribution in [-0.2, 0) is 7.05 Å². The number of ether oxygens (including phenoxy) is 1. The topological polar surface area (TPSA) is 43.3 Å². The summed E-state index contributed by atoms with van der Waals surface area (Å²) in [5.41, 5.74) is 1.66. The zero-order valence-electron chi connectivity index (χ0n) is 12.6. The SMILES string of the molecule is COc1cccc2c1cc(C(=O)NCCC(C)C)n2C. The number of fused-ring (bicyclic) bond motifs is 1. The molecule has 108 valence electrons. The van der Waals surface area contributed by atoms with Crippen molar-refractivity contribution in [1.82, 2.24) is 9.88 Å². The average molecular weight is 274 g/mol. The minimum absolute atomic E-state index is 0.0357. The van der Waals surface area contributed by atoms with E-state index >= 15 is 0 Å². The molecule has 1 aromatic carbocycles. The van der Waals surface area contributed by atoms with E-state index in [9.17, 15) is 4.79 Å². The summed E-state index contributed by atoms with van der Waals surface area (Å²) in [6, 6.07) is 7.71. The minimum atomic E-state index is -0.0357. The number of amides is 1. The summed E-state index contributed by atoms with van der Waals surface area (Å²) in [6.07, 6.45) is 0.985. The fourth-order valence-corrected chi connectivity index (χ4v) is 2.29. The predicted molar refractivity (Wildman–Crippen MR) is 81.3 cm³/mol. The lowest BCUT2D eigenvalue weighted by Crippen LogP contribution is -2.27. The van der Waals surface area contributed by atoms with Crippen molar-refractivity contribution in [2.45, 2.75) is 20.3 Å². The van der Waals surface area contributed by atoms with Crippen LogP contribution in [0.3, 0.4) is 0 Å². The van der Waals surface area contributed by atoms with E-state index in [-0.39, 0.29) is 5.91 Å². The Balaban J connectivity index is 2.26. The van der Waals surface area contributed by atoms with Crippen LogP contribution in [0, 0.1) is 5.92 Å². The van der Waals surface area contributed by atoms with Gasteiger partial charge in [0.05, 0.1) is 12.6 Å². The number of nitrogens with zero attached hydrogens (tertiary/aromatic N) is 1. The number of hydrogen-bond donors (Lipinski definition) is 1. The van der Waals surface area contributed by atoms with E-state index in [2.05, 4.69) is 19.2 Å². The molecule has 20 heavy (non-hydrogen) atoms. The maximum Gasteiger partial charge on any atom is 0.267 e.